The van der Waals surface area contributed by atoms with Crippen molar-refractivity contribution in [2.75, 3.05) is 18.1 Å². The Labute approximate surface area is 122 Å². The number of carbonyl (C=O) groups excluding carboxylic acids is 2. The maximum atomic E-state index is 12.2. The van der Waals surface area contributed by atoms with E-state index in [0.29, 0.717) is 28.3 Å². The van der Waals surface area contributed by atoms with Gasteiger partial charge in [0, 0.05) is 25.3 Å². The molecular weight excluding hydrogens is 270 g/mol. The molecule has 21 heavy (non-hydrogen) atoms. The number of rotatable bonds is 3. The van der Waals surface area contributed by atoms with E-state index >= 15 is 0 Å². The third-order valence-electron chi connectivity index (χ3n) is 3.12. The molecular formula is C14H17N5O2. The molecule has 1 aromatic heterocycles. The quantitative estimate of drug-likeness (QED) is 0.781. The van der Waals surface area contributed by atoms with Crippen molar-refractivity contribution in [3.05, 3.63) is 41.2 Å². The minimum atomic E-state index is -0.344. The Hall–Kier alpha value is -2.83. The van der Waals surface area contributed by atoms with Crippen molar-refractivity contribution < 1.29 is 9.59 Å². The summed E-state index contributed by atoms with van der Waals surface area (Å²) >= 11 is 0. The lowest BCUT2D eigenvalue weighted by molar-refractivity contribution is 0.0962. The molecule has 0 saturated carbocycles. The number of hydrogen-bond acceptors (Lipinski definition) is 4. The van der Waals surface area contributed by atoms with E-state index in [1.165, 1.54) is 4.68 Å². The van der Waals surface area contributed by atoms with Crippen molar-refractivity contribution >= 4 is 23.2 Å². The highest BCUT2D eigenvalue weighted by molar-refractivity contribution is 6.07. The molecule has 0 aliphatic carbocycles. The van der Waals surface area contributed by atoms with Crippen molar-refractivity contribution in [2.24, 2.45) is 7.05 Å². The molecule has 110 valence electrons. The Bertz CT molecular complexity index is 688. The Kier molecular flexibility index (Phi) is 3.93. The Morgan fingerprint density at radius 1 is 1.19 bits per heavy atom. The molecule has 0 bridgehead atoms. The van der Waals surface area contributed by atoms with Gasteiger partial charge >= 0.3 is 0 Å². The molecule has 0 spiro atoms. The summed E-state index contributed by atoms with van der Waals surface area (Å²) in [6.45, 7) is 1.74. The highest BCUT2D eigenvalue weighted by atomic mass is 16.2. The summed E-state index contributed by atoms with van der Waals surface area (Å²) in [6, 6.07) is 6.57. The zero-order valence-corrected chi connectivity index (χ0v) is 12.1. The van der Waals surface area contributed by atoms with Crippen molar-refractivity contribution in [3.8, 4) is 0 Å². The van der Waals surface area contributed by atoms with Crippen LogP contribution in [-0.2, 0) is 7.05 Å². The van der Waals surface area contributed by atoms with E-state index in [0.717, 1.165) is 0 Å². The van der Waals surface area contributed by atoms with Crippen LogP contribution in [0.4, 0.5) is 11.4 Å². The predicted molar refractivity (Wildman–Crippen MR) is 80.1 cm³/mol. The smallest absolute Gasteiger partial charge is 0.276 e. The lowest BCUT2D eigenvalue weighted by Crippen LogP contribution is -2.19. The summed E-state index contributed by atoms with van der Waals surface area (Å²) in [5, 5.41) is 9.36. The zero-order valence-electron chi connectivity index (χ0n) is 12.1. The maximum absolute atomic E-state index is 12.2. The van der Waals surface area contributed by atoms with Gasteiger partial charge < -0.3 is 16.4 Å². The molecule has 1 aromatic carbocycles. The molecule has 2 amide bonds. The predicted octanol–water partition coefficient (Wildman–Crippen LogP) is 0.923. The van der Waals surface area contributed by atoms with Crippen LogP contribution in [0, 0.1) is 6.92 Å². The number of benzene rings is 1. The van der Waals surface area contributed by atoms with Gasteiger partial charge in [0.2, 0.25) is 0 Å². The van der Waals surface area contributed by atoms with E-state index in [1.807, 2.05) is 0 Å². The number of nitrogen functional groups attached to an aromatic ring is 1. The molecule has 4 N–H and O–H groups in total. The van der Waals surface area contributed by atoms with Crippen LogP contribution in [0.3, 0.4) is 0 Å². The summed E-state index contributed by atoms with van der Waals surface area (Å²) in [6.07, 6.45) is 0. The van der Waals surface area contributed by atoms with E-state index in [4.69, 9.17) is 5.73 Å². The average Bonchev–Trinajstić information content (AvgIpc) is 2.72. The van der Waals surface area contributed by atoms with Crippen molar-refractivity contribution in [3.63, 3.8) is 0 Å². The lowest BCUT2D eigenvalue weighted by Gasteiger charge is -2.07. The minimum absolute atomic E-state index is 0.181. The van der Waals surface area contributed by atoms with Crippen molar-refractivity contribution in [1.29, 1.82) is 0 Å². The SMILES string of the molecule is CNC(=O)c1ccc(NC(=O)c2c(N)c(C)nn2C)cc1. The van der Waals surface area contributed by atoms with Crippen LogP contribution >= 0.6 is 0 Å². The molecule has 7 heteroatoms. The van der Waals surface area contributed by atoms with E-state index < -0.39 is 0 Å². The van der Waals surface area contributed by atoms with Gasteiger partial charge in [0.15, 0.2) is 0 Å². The fourth-order valence-corrected chi connectivity index (χ4v) is 1.98. The monoisotopic (exact) mass is 287 g/mol. The molecule has 2 rings (SSSR count). The highest BCUT2D eigenvalue weighted by Crippen LogP contribution is 2.17. The van der Waals surface area contributed by atoms with Gasteiger partial charge in [-0.15, -0.1) is 0 Å². The van der Waals surface area contributed by atoms with E-state index in [2.05, 4.69) is 15.7 Å². The number of hydrogen-bond donors (Lipinski definition) is 3. The van der Waals surface area contributed by atoms with E-state index in [9.17, 15) is 9.59 Å². The first kappa shape index (κ1) is 14.6. The topological polar surface area (TPSA) is 102 Å². The van der Waals surface area contributed by atoms with Crippen molar-refractivity contribution in [2.45, 2.75) is 6.92 Å². The molecule has 0 saturated heterocycles. The van der Waals surface area contributed by atoms with Crippen LogP contribution in [-0.4, -0.2) is 28.6 Å². The summed E-state index contributed by atoms with van der Waals surface area (Å²) in [5.41, 5.74) is 8.21. The van der Waals surface area contributed by atoms with Gasteiger partial charge in [-0.2, -0.15) is 5.10 Å². The van der Waals surface area contributed by atoms with Gasteiger partial charge in [0.25, 0.3) is 11.8 Å². The summed E-state index contributed by atoms with van der Waals surface area (Å²) in [7, 11) is 3.22. The van der Waals surface area contributed by atoms with Crippen LogP contribution in [0.5, 0.6) is 0 Å². The van der Waals surface area contributed by atoms with Crippen molar-refractivity contribution in [1.82, 2.24) is 15.1 Å². The third kappa shape index (κ3) is 2.86. The first-order valence-electron chi connectivity index (χ1n) is 6.36. The van der Waals surface area contributed by atoms with E-state index in [-0.39, 0.29) is 11.8 Å². The Morgan fingerprint density at radius 3 is 2.29 bits per heavy atom. The number of nitrogens with two attached hydrogens (primary N) is 1. The Morgan fingerprint density at radius 2 is 1.81 bits per heavy atom. The second-order valence-electron chi connectivity index (χ2n) is 4.58. The van der Waals surface area contributed by atoms with Gasteiger partial charge in [-0.05, 0) is 31.2 Å². The van der Waals surface area contributed by atoms with Crippen LogP contribution < -0.4 is 16.4 Å². The lowest BCUT2D eigenvalue weighted by atomic mass is 10.2. The van der Waals surface area contributed by atoms with Crippen LogP contribution in [0.15, 0.2) is 24.3 Å². The third-order valence-corrected chi connectivity index (χ3v) is 3.12. The fourth-order valence-electron chi connectivity index (χ4n) is 1.98. The second kappa shape index (κ2) is 5.66. The molecule has 7 nitrogen and oxygen atoms in total. The number of nitrogens with zero attached hydrogens (tertiary/aromatic N) is 2. The number of carbonyl (C=O) groups is 2. The molecule has 0 aliphatic heterocycles. The number of nitrogens with one attached hydrogen (secondary N) is 2. The van der Waals surface area contributed by atoms with E-state index in [1.54, 1.807) is 45.3 Å². The van der Waals surface area contributed by atoms with Gasteiger partial charge in [0.05, 0.1) is 11.4 Å². The van der Waals surface area contributed by atoms with Gasteiger partial charge in [-0.1, -0.05) is 0 Å². The van der Waals surface area contributed by atoms with Crippen LogP contribution in [0.1, 0.15) is 26.5 Å². The summed E-state index contributed by atoms with van der Waals surface area (Å²) < 4.78 is 1.44. The number of amides is 2. The molecule has 0 fully saturated rings. The van der Waals surface area contributed by atoms with Crippen LogP contribution in [0.2, 0.25) is 0 Å². The maximum Gasteiger partial charge on any atom is 0.276 e. The van der Waals surface area contributed by atoms with Crippen LogP contribution in [0.25, 0.3) is 0 Å². The molecule has 0 unspecified atom stereocenters. The minimum Gasteiger partial charge on any atom is -0.395 e. The number of aromatic nitrogens is 2. The summed E-state index contributed by atoms with van der Waals surface area (Å²) in [5.74, 6) is -0.525. The summed E-state index contributed by atoms with van der Waals surface area (Å²) in [4.78, 5) is 23.6. The largest absolute Gasteiger partial charge is 0.395 e. The standard InChI is InChI=1S/C14H17N5O2/c1-8-11(15)12(19(3)18-8)14(21)17-10-6-4-9(5-7-10)13(20)16-2/h4-7H,15H2,1-3H3,(H,16,20)(H,17,21). The zero-order chi connectivity index (χ0) is 15.6. The molecule has 0 radical (unpaired) electrons. The first-order valence-corrected chi connectivity index (χ1v) is 6.36. The average molecular weight is 287 g/mol. The molecule has 0 atom stereocenters. The molecule has 2 aromatic rings. The number of aryl methyl sites for hydroxylation is 2. The Balaban J connectivity index is 2.18. The highest BCUT2D eigenvalue weighted by Gasteiger charge is 2.18. The van der Waals surface area contributed by atoms with Gasteiger partial charge in [-0.3, -0.25) is 14.3 Å². The fraction of sp³-hybridized carbons (Fsp3) is 0.214. The number of anilines is 2. The van der Waals surface area contributed by atoms with Gasteiger partial charge in [0.1, 0.15) is 5.69 Å². The molecule has 1 heterocycles. The van der Waals surface area contributed by atoms with Gasteiger partial charge in [-0.25, -0.2) is 0 Å². The normalized spacial score (nSPS) is 10.2. The second-order valence-corrected chi connectivity index (χ2v) is 4.58. The molecule has 0 aliphatic rings. The first-order chi connectivity index (χ1) is 9.93.